The maximum Gasteiger partial charge on any atom is 0.274 e. The van der Waals surface area contributed by atoms with Crippen molar-refractivity contribution in [2.45, 2.75) is 25.7 Å². The average Bonchev–Trinajstić information content (AvgIpc) is 3.23. The molecule has 1 saturated heterocycles. The van der Waals surface area contributed by atoms with E-state index in [2.05, 4.69) is 4.98 Å². The SMILES string of the molecule is Cn1cc(-c2ncc(Cc3cccc(Cl)c3F)s2)c(=O)c(O)c1C(=O)N1CCCCC1. The van der Waals surface area contributed by atoms with Gasteiger partial charge in [-0.2, -0.15) is 0 Å². The summed E-state index contributed by atoms with van der Waals surface area (Å²) in [5, 5.41) is 11.0. The number of nitrogens with zero attached hydrogens (tertiary/aromatic N) is 3. The van der Waals surface area contributed by atoms with Gasteiger partial charge in [-0.1, -0.05) is 23.7 Å². The molecule has 0 atom stereocenters. The van der Waals surface area contributed by atoms with E-state index in [4.69, 9.17) is 11.6 Å². The summed E-state index contributed by atoms with van der Waals surface area (Å²) < 4.78 is 15.7. The van der Waals surface area contributed by atoms with Crippen LogP contribution in [0.5, 0.6) is 5.75 Å². The van der Waals surface area contributed by atoms with Crippen molar-refractivity contribution in [3.8, 4) is 16.3 Å². The van der Waals surface area contributed by atoms with Gasteiger partial charge in [-0.25, -0.2) is 9.37 Å². The molecule has 0 bridgehead atoms. The summed E-state index contributed by atoms with van der Waals surface area (Å²) in [5.74, 6) is -1.40. The van der Waals surface area contributed by atoms with E-state index >= 15 is 0 Å². The monoisotopic (exact) mass is 461 g/mol. The third-order valence-corrected chi connectivity index (χ3v) is 6.71. The molecule has 2 aromatic heterocycles. The second-order valence-electron chi connectivity index (χ2n) is 7.55. The number of hydrogen-bond acceptors (Lipinski definition) is 5. The number of aromatic hydroxyl groups is 1. The highest BCUT2D eigenvalue weighted by atomic mass is 35.5. The topological polar surface area (TPSA) is 75.4 Å². The average molecular weight is 462 g/mol. The van der Waals surface area contributed by atoms with Gasteiger partial charge in [-0.15, -0.1) is 11.3 Å². The zero-order valence-corrected chi connectivity index (χ0v) is 18.5. The molecule has 4 rings (SSSR count). The van der Waals surface area contributed by atoms with E-state index in [0.717, 1.165) is 24.1 Å². The molecular weight excluding hydrogens is 441 g/mol. The molecule has 0 saturated carbocycles. The summed E-state index contributed by atoms with van der Waals surface area (Å²) in [4.78, 5) is 32.4. The molecule has 9 heteroatoms. The minimum Gasteiger partial charge on any atom is -0.503 e. The molecule has 31 heavy (non-hydrogen) atoms. The third-order valence-electron chi connectivity index (χ3n) is 5.39. The van der Waals surface area contributed by atoms with E-state index in [1.165, 1.54) is 28.2 Å². The highest BCUT2D eigenvalue weighted by Crippen LogP contribution is 2.29. The maximum absolute atomic E-state index is 14.2. The molecule has 0 radical (unpaired) electrons. The fourth-order valence-electron chi connectivity index (χ4n) is 3.76. The van der Waals surface area contributed by atoms with Gasteiger partial charge in [0.25, 0.3) is 5.91 Å². The van der Waals surface area contributed by atoms with E-state index in [-0.39, 0.29) is 28.6 Å². The lowest BCUT2D eigenvalue weighted by Gasteiger charge is -2.27. The number of rotatable bonds is 4. The summed E-state index contributed by atoms with van der Waals surface area (Å²) in [5.41, 5.74) is -0.0411. The van der Waals surface area contributed by atoms with Crippen LogP contribution in [0.3, 0.4) is 0 Å². The predicted molar refractivity (Wildman–Crippen MR) is 118 cm³/mol. The molecule has 1 aromatic carbocycles. The molecular formula is C22H21ClFN3O3S. The number of aromatic nitrogens is 2. The number of hydrogen-bond donors (Lipinski definition) is 1. The quantitative estimate of drug-likeness (QED) is 0.631. The Morgan fingerprint density at radius 2 is 2.03 bits per heavy atom. The maximum atomic E-state index is 14.2. The second-order valence-corrected chi connectivity index (χ2v) is 9.08. The lowest BCUT2D eigenvalue weighted by Crippen LogP contribution is -2.37. The number of thiazole rings is 1. The van der Waals surface area contributed by atoms with Crippen molar-refractivity contribution in [1.29, 1.82) is 0 Å². The first-order chi connectivity index (χ1) is 14.9. The number of aryl methyl sites for hydroxylation is 1. The van der Waals surface area contributed by atoms with Gasteiger partial charge in [0, 0.05) is 43.8 Å². The van der Waals surface area contributed by atoms with Crippen molar-refractivity contribution >= 4 is 28.8 Å². The summed E-state index contributed by atoms with van der Waals surface area (Å²) in [7, 11) is 1.62. The van der Waals surface area contributed by atoms with Crippen LogP contribution in [-0.4, -0.2) is 38.6 Å². The standard InChI is InChI=1S/C22H21ClFN3O3S/c1-26-12-15(19(28)20(29)18(26)22(30)27-8-3-2-4-9-27)21-25-11-14(31-21)10-13-6-5-7-16(23)17(13)24/h5-7,11-12,29H,2-4,8-10H2,1H3. The lowest BCUT2D eigenvalue weighted by molar-refractivity contribution is 0.0710. The van der Waals surface area contributed by atoms with Gasteiger partial charge in [-0.3, -0.25) is 9.59 Å². The molecule has 3 heterocycles. The number of carbonyl (C=O) groups is 1. The van der Waals surface area contributed by atoms with Crippen LogP contribution < -0.4 is 5.43 Å². The number of halogens is 2. The zero-order valence-electron chi connectivity index (χ0n) is 16.9. The van der Waals surface area contributed by atoms with Crippen LogP contribution in [0.4, 0.5) is 4.39 Å². The first-order valence-corrected chi connectivity index (χ1v) is 11.2. The van der Waals surface area contributed by atoms with Gasteiger partial charge in [-0.05, 0) is 30.9 Å². The summed E-state index contributed by atoms with van der Waals surface area (Å²) in [6, 6.07) is 4.80. The highest BCUT2D eigenvalue weighted by molar-refractivity contribution is 7.15. The first kappa shape index (κ1) is 21.5. The number of amides is 1. The summed E-state index contributed by atoms with van der Waals surface area (Å²) >= 11 is 7.07. The Labute approximate surface area is 187 Å². The molecule has 0 unspecified atom stereocenters. The number of likely N-dealkylation sites (tertiary alicyclic amines) is 1. The van der Waals surface area contributed by atoms with Crippen LogP contribution in [0.1, 0.15) is 40.2 Å². The molecule has 0 spiro atoms. The summed E-state index contributed by atoms with van der Waals surface area (Å²) in [6.07, 6.45) is 6.26. The normalized spacial score (nSPS) is 14.1. The highest BCUT2D eigenvalue weighted by Gasteiger charge is 2.26. The van der Waals surface area contributed by atoms with Gasteiger partial charge in [0.15, 0.2) is 11.4 Å². The number of benzene rings is 1. The zero-order chi connectivity index (χ0) is 22.1. The molecule has 6 nitrogen and oxygen atoms in total. The molecule has 1 aliphatic heterocycles. The third kappa shape index (κ3) is 4.22. The Hall–Kier alpha value is -2.71. The van der Waals surface area contributed by atoms with Crippen molar-refractivity contribution in [2.75, 3.05) is 13.1 Å². The molecule has 1 amide bonds. The lowest BCUT2D eigenvalue weighted by atomic mass is 10.1. The van der Waals surface area contributed by atoms with Crippen LogP contribution in [0.2, 0.25) is 5.02 Å². The van der Waals surface area contributed by atoms with E-state index < -0.39 is 17.0 Å². The van der Waals surface area contributed by atoms with Gasteiger partial charge < -0.3 is 14.6 Å². The van der Waals surface area contributed by atoms with E-state index in [1.54, 1.807) is 30.3 Å². The van der Waals surface area contributed by atoms with Gasteiger partial charge in [0.1, 0.15) is 10.8 Å². The Kier molecular flexibility index (Phi) is 6.11. The number of carbonyl (C=O) groups excluding carboxylic acids is 1. The minimum absolute atomic E-state index is 0.0200. The van der Waals surface area contributed by atoms with Crippen LogP contribution in [0.25, 0.3) is 10.6 Å². The predicted octanol–water partition coefficient (Wildman–Crippen LogP) is 4.22. The van der Waals surface area contributed by atoms with Gasteiger partial charge in [0.05, 0.1) is 10.6 Å². The van der Waals surface area contributed by atoms with E-state index in [9.17, 15) is 19.1 Å². The van der Waals surface area contributed by atoms with Crippen molar-refractivity contribution < 1.29 is 14.3 Å². The molecule has 3 aromatic rings. The molecule has 1 N–H and O–H groups in total. The first-order valence-electron chi connectivity index (χ1n) is 9.96. The Morgan fingerprint density at radius 1 is 1.29 bits per heavy atom. The fourth-order valence-corrected chi connectivity index (χ4v) is 4.89. The molecule has 1 fully saturated rings. The van der Waals surface area contributed by atoms with E-state index in [1.807, 2.05) is 0 Å². The number of piperidine rings is 1. The van der Waals surface area contributed by atoms with Crippen LogP contribution >= 0.6 is 22.9 Å². The van der Waals surface area contributed by atoms with E-state index in [0.29, 0.717) is 23.7 Å². The molecule has 0 aliphatic carbocycles. The molecule has 162 valence electrons. The minimum atomic E-state index is -0.645. The fraction of sp³-hybridized carbons (Fsp3) is 0.318. The van der Waals surface area contributed by atoms with Crippen LogP contribution in [0, 0.1) is 5.82 Å². The smallest absolute Gasteiger partial charge is 0.274 e. The van der Waals surface area contributed by atoms with Crippen molar-refractivity contribution in [3.05, 3.63) is 67.8 Å². The summed E-state index contributed by atoms with van der Waals surface area (Å²) in [6.45, 7) is 1.23. The van der Waals surface area contributed by atoms with Crippen molar-refractivity contribution in [2.24, 2.45) is 7.05 Å². The Balaban J connectivity index is 1.64. The van der Waals surface area contributed by atoms with Crippen molar-refractivity contribution in [3.63, 3.8) is 0 Å². The van der Waals surface area contributed by atoms with Crippen LogP contribution in [0.15, 0.2) is 35.4 Å². The van der Waals surface area contributed by atoms with Crippen LogP contribution in [-0.2, 0) is 13.5 Å². The Morgan fingerprint density at radius 3 is 2.77 bits per heavy atom. The Bertz CT molecular complexity index is 1200. The largest absolute Gasteiger partial charge is 0.503 e. The second kappa shape index (κ2) is 8.80. The van der Waals surface area contributed by atoms with Gasteiger partial charge >= 0.3 is 0 Å². The van der Waals surface area contributed by atoms with Gasteiger partial charge in [0.2, 0.25) is 5.43 Å². The number of pyridine rings is 1. The van der Waals surface area contributed by atoms with Crippen molar-refractivity contribution in [1.82, 2.24) is 14.5 Å². The molecule has 1 aliphatic rings.